The van der Waals surface area contributed by atoms with Gasteiger partial charge in [-0.2, -0.15) is 13.2 Å². The van der Waals surface area contributed by atoms with Crippen LogP contribution in [-0.4, -0.2) is 23.1 Å². The van der Waals surface area contributed by atoms with Crippen LogP contribution >= 0.6 is 35.0 Å². The standard InChI is InChI=1S/C18H14Cl2F3NOS/c19-13-4-5-14(15(20)10-13)17-24(6-7-26-17)16(25)9-11-2-1-3-12(8-11)18(21,22)23/h1-5,8,10,17H,6-7,9H2. The van der Waals surface area contributed by atoms with Crippen LogP contribution in [0, 0.1) is 0 Å². The average molecular weight is 420 g/mol. The molecule has 0 saturated carbocycles. The number of thioether (sulfide) groups is 1. The van der Waals surface area contributed by atoms with Crippen LogP contribution in [0.15, 0.2) is 42.5 Å². The van der Waals surface area contributed by atoms with Gasteiger partial charge in [0, 0.05) is 27.9 Å². The van der Waals surface area contributed by atoms with Gasteiger partial charge in [-0.1, -0.05) is 47.5 Å². The number of nitrogens with zero attached hydrogens (tertiary/aromatic N) is 1. The number of carbonyl (C=O) groups is 1. The van der Waals surface area contributed by atoms with E-state index in [1.54, 1.807) is 34.9 Å². The van der Waals surface area contributed by atoms with Crippen molar-refractivity contribution in [3.63, 3.8) is 0 Å². The van der Waals surface area contributed by atoms with E-state index in [-0.39, 0.29) is 17.7 Å². The molecule has 1 fully saturated rings. The summed E-state index contributed by atoms with van der Waals surface area (Å²) in [6, 6.07) is 9.96. The summed E-state index contributed by atoms with van der Waals surface area (Å²) in [5.41, 5.74) is 0.356. The first-order valence-electron chi connectivity index (χ1n) is 7.78. The molecule has 1 aliphatic heterocycles. The minimum Gasteiger partial charge on any atom is -0.325 e. The Kier molecular flexibility index (Phi) is 5.75. The van der Waals surface area contributed by atoms with Crippen molar-refractivity contribution in [1.82, 2.24) is 4.90 Å². The first-order valence-corrected chi connectivity index (χ1v) is 9.58. The van der Waals surface area contributed by atoms with Gasteiger partial charge in [-0.05, 0) is 23.8 Å². The summed E-state index contributed by atoms with van der Waals surface area (Å²) in [5.74, 6) is 0.503. The maximum atomic E-state index is 12.8. The summed E-state index contributed by atoms with van der Waals surface area (Å²) in [7, 11) is 0. The van der Waals surface area contributed by atoms with Crippen molar-refractivity contribution in [2.45, 2.75) is 18.0 Å². The molecule has 0 bridgehead atoms. The molecular weight excluding hydrogens is 406 g/mol. The molecule has 1 amide bonds. The van der Waals surface area contributed by atoms with Crippen LogP contribution in [0.3, 0.4) is 0 Å². The third-order valence-corrected chi connectivity index (χ3v) is 5.85. The Hall–Kier alpha value is -1.37. The van der Waals surface area contributed by atoms with Crippen molar-refractivity contribution in [1.29, 1.82) is 0 Å². The van der Waals surface area contributed by atoms with E-state index in [0.717, 1.165) is 23.4 Å². The molecule has 2 nitrogen and oxygen atoms in total. The Balaban J connectivity index is 1.79. The highest BCUT2D eigenvalue weighted by Crippen LogP contribution is 2.41. The fraction of sp³-hybridized carbons (Fsp3) is 0.278. The van der Waals surface area contributed by atoms with Gasteiger partial charge in [0.25, 0.3) is 0 Å². The number of halogens is 5. The molecule has 1 aliphatic rings. The minimum atomic E-state index is -4.43. The van der Waals surface area contributed by atoms with Crippen LogP contribution in [0.4, 0.5) is 13.2 Å². The quantitative estimate of drug-likeness (QED) is 0.623. The first-order chi connectivity index (χ1) is 12.3. The lowest BCUT2D eigenvalue weighted by Crippen LogP contribution is -2.31. The smallest absolute Gasteiger partial charge is 0.325 e. The number of alkyl halides is 3. The van der Waals surface area contributed by atoms with Crippen molar-refractivity contribution in [3.8, 4) is 0 Å². The van der Waals surface area contributed by atoms with Crippen molar-refractivity contribution >= 4 is 40.9 Å². The second-order valence-electron chi connectivity index (χ2n) is 5.85. The molecule has 2 aromatic rings. The van der Waals surface area contributed by atoms with Gasteiger partial charge < -0.3 is 4.90 Å². The molecule has 0 spiro atoms. The molecule has 3 rings (SSSR count). The summed E-state index contributed by atoms with van der Waals surface area (Å²) in [4.78, 5) is 14.4. The normalized spacial score (nSPS) is 17.6. The van der Waals surface area contributed by atoms with Crippen molar-refractivity contribution in [2.24, 2.45) is 0 Å². The second-order valence-corrected chi connectivity index (χ2v) is 7.88. The summed E-state index contributed by atoms with van der Waals surface area (Å²) in [5, 5.41) is 0.704. The summed E-state index contributed by atoms with van der Waals surface area (Å²) in [6.45, 7) is 0.520. The van der Waals surface area contributed by atoms with Gasteiger partial charge in [-0.15, -0.1) is 11.8 Å². The molecule has 1 heterocycles. The molecule has 1 unspecified atom stereocenters. The lowest BCUT2D eigenvalue weighted by molar-refractivity contribution is -0.138. The maximum Gasteiger partial charge on any atom is 0.416 e. The van der Waals surface area contributed by atoms with Gasteiger partial charge in [0.2, 0.25) is 5.91 Å². The van der Waals surface area contributed by atoms with Gasteiger partial charge in [0.1, 0.15) is 5.37 Å². The molecule has 0 aromatic heterocycles. The number of benzene rings is 2. The number of carbonyl (C=O) groups excluding carboxylic acids is 1. The third-order valence-electron chi connectivity index (χ3n) is 4.05. The Morgan fingerprint density at radius 1 is 1.19 bits per heavy atom. The largest absolute Gasteiger partial charge is 0.416 e. The van der Waals surface area contributed by atoms with E-state index in [2.05, 4.69) is 0 Å². The van der Waals surface area contributed by atoms with Crippen LogP contribution in [-0.2, 0) is 17.4 Å². The van der Waals surface area contributed by atoms with Gasteiger partial charge in [-0.25, -0.2) is 0 Å². The highest BCUT2D eigenvalue weighted by atomic mass is 35.5. The van der Waals surface area contributed by atoms with Gasteiger partial charge >= 0.3 is 6.18 Å². The Morgan fingerprint density at radius 2 is 1.96 bits per heavy atom. The number of hydrogen-bond acceptors (Lipinski definition) is 2. The summed E-state index contributed by atoms with van der Waals surface area (Å²) in [6.07, 6.45) is -4.52. The molecule has 0 radical (unpaired) electrons. The van der Waals surface area contributed by atoms with Crippen LogP contribution in [0.25, 0.3) is 0 Å². The van der Waals surface area contributed by atoms with Gasteiger partial charge in [0.15, 0.2) is 0 Å². The van der Waals surface area contributed by atoms with E-state index in [4.69, 9.17) is 23.2 Å². The van der Waals surface area contributed by atoms with E-state index in [0.29, 0.717) is 22.2 Å². The molecular formula is C18H14Cl2F3NOS. The van der Waals surface area contributed by atoms with Crippen molar-refractivity contribution in [2.75, 3.05) is 12.3 Å². The predicted octanol–water partition coefficient (Wildman–Crippen LogP) is 5.83. The molecule has 2 aromatic carbocycles. The Morgan fingerprint density at radius 3 is 2.65 bits per heavy atom. The summed E-state index contributed by atoms with van der Waals surface area (Å²) < 4.78 is 38.5. The molecule has 1 atom stereocenters. The van der Waals surface area contributed by atoms with Crippen LogP contribution in [0.5, 0.6) is 0 Å². The van der Waals surface area contributed by atoms with E-state index < -0.39 is 11.7 Å². The molecule has 0 N–H and O–H groups in total. The van der Waals surface area contributed by atoms with Crippen LogP contribution in [0.2, 0.25) is 10.0 Å². The number of amides is 1. The lowest BCUT2D eigenvalue weighted by atomic mass is 10.1. The first kappa shape index (κ1) is 19.4. The molecule has 8 heteroatoms. The highest BCUT2D eigenvalue weighted by molar-refractivity contribution is 7.99. The molecule has 26 heavy (non-hydrogen) atoms. The zero-order valence-corrected chi connectivity index (χ0v) is 15.7. The number of rotatable bonds is 3. The summed E-state index contributed by atoms with van der Waals surface area (Å²) >= 11 is 13.7. The van der Waals surface area contributed by atoms with E-state index in [1.807, 2.05) is 0 Å². The maximum absolute atomic E-state index is 12.8. The Labute approximate surface area is 163 Å². The predicted molar refractivity (Wildman–Crippen MR) is 98.5 cm³/mol. The van der Waals surface area contributed by atoms with Crippen molar-refractivity contribution in [3.05, 3.63) is 69.2 Å². The third kappa shape index (κ3) is 4.30. The van der Waals surface area contributed by atoms with Gasteiger partial charge in [0.05, 0.1) is 12.0 Å². The van der Waals surface area contributed by atoms with Crippen LogP contribution in [0.1, 0.15) is 22.1 Å². The van der Waals surface area contributed by atoms with Crippen LogP contribution < -0.4 is 0 Å². The highest BCUT2D eigenvalue weighted by Gasteiger charge is 2.33. The minimum absolute atomic E-state index is 0.0911. The molecule has 1 saturated heterocycles. The second kappa shape index (κ2) is 7.71. The monoisotopic (exact) mass is 419 g/mol. The lowest BCUT2D eigenvalue weighted by Gasteiger charge is -2.25. The van der Waals surface area contributed by atoms with E-state index >= 15 is 0 Å². The zero-order chi connectivity index (χ0) is 18.9. The van der Waals surface area contributed by atoms with E-state index in [9.17, 15) is 18.0 Å². The number of hydrogen-bond donors (Lipinski definition) is 0. The molecule has 0 aliphatic carbocycles. The SMILES string of the molecule is O=C(Cc1cccc(C(F)(F)F)c1)N1CCSC1c1ccc(Cl)cc1Cl. The van der Waals surface area contributed by atoms with E-state index in [1.165, 1.54) is 12.1 Å². The fourth-order valence-electron chi connectivity index (χ4n) is 2.82. The topological polar surface area (TPSA) is 20.3 Å². The Bertz CT molecular complexity index is 828. The van der Waals surface area contributed by atoms with Crippen molar-refractivity contribution < 1.29 is 18.0 Å². The average Bonchev–Trinajstić information content (AvgIpc) is 3.04. The fourth-order valence-corrected chi connectivity index (χ4v) is 4.71. The van der Waals surface area contributed by atoms with Gasteiger partial charge in [-0.3, -0.25) is 4.79 Å². The molecule has 138 valence electrons. The zero-order valence-electron chi connectivity index (χ0n) is 13.4.